The molecule has 3 atom stereocenters. The van der Waals surface area contributed by atoms with Crippen LogP contribution >= 0.6 is 8.60 Å². The highest BCUT2D eigenvalue weighted by molar-refractivity contribution is 7.39. The minimum absolute atomic E-state index is 0.0619. The van der Waals surface area contributed by atoms with E-state index in [0.717, 1.165) is 0 Å². The summed E-state index contributed by atoms with van der Waals surface area (Å²) in [6, 6.07) is 0. The molecular formula is C5H11O6P. The van der Waals surface area contributed by atoms with Crippen LogP contribution < -0.4 is 0 Å². The fourth-order valence-corrected chi connectivity index (χ4v) is 1.46. The van der Waals surface area contributed by atoms with Gasteiger partial charge in [0, 0.05) is 0 Å². The second-order valence-corrected chi connectivity index (χ2v) is 3.16. The van der Waals surface area contributed by atoms with Crippen LogP contribution in [0.5, 0.6) is 0 Å². The maximum atomic E-state index is 9.28. The maximum absolute atomic E-state index is 9.28. The Morgan fingerprint density at radius 1 is 1.50 bits per heavy atom. The van der Waals surface area contributed by atoms with Gasteiger partial charge >= 0.3 is 8.60 Å². The lowest BCUT2D eigenvalue weighted by atomic mass is 10.2. The average Bonchev–Trinajstić information content (AvgIpc) is 2.32. The molecule has 0 amide bonds. The molecule has 1 fully saturated rings. The molecule has 1 aliphatic heterocycles. The predicted molar refractivity (Wildman–Crippen MR) is 39.1 cm³/mol. The SMILES string of the molecule is OC[C@H]1OC[C@H](OP(O)O)[C@@H]1O. The standard InChI is InChI=1S/C5H11O6P/c6-1-3-5(7)4(2-10-3)11-12(8)9/h3-9H,1-2H2/t3-,4+,5-/m1/s1. The van der Waals surface area contributed by atoms with Crippen molar-refractivity contribution < 1.29 is 29.3 Å². The maximum Gasteiger partial charge on any atom is 0.327 e. The Morgan fingerprint density at radius 3 is 2.58 bits per heavy atom. The van der Waals surface area contributed by atoms with Gasteiger partial charge in [0.2, 0.25) is 0 Å². The number of hydrogen-bond acceptors (Lipinski definition) is 6. The van der Waals surface area contributed by atoms with Gasteiger partial charge in [-0.15, -0.1) is 0 Å². The largest absolute Gasteiger partial charge is 0.394 e. The number of rotatable bonds is 3. The number of hydrogen-bond donors (Lipinski definition) is 4. The summed E-state index contributed by atoms with van der Waals surface area (Å²) in [5.41, 5.74) is 0. The molecule has 4 N–H and O–H groups in total. The molecule has 0 aliphatic carbocycles. The Kier molecular flexibility index (Phi) is 3.79. The van der Waals surface area contributed by atoms with Crippen molar-refractivity contribution in [1.29, 1.82) is 0 Å². The molecule has 1 saturated heterocycles. The molecule has 0 radical (unpaired) electrons. The molecule has 0 aromatic rings. The molecule has 12 heavy (non-hydrogen) atoms. The third-order valence-corrected chi connectivity index (χ3v) is 2.11. The molecule has 7 heteroatoms. The first-order valence-electron chi connectivity index (χ1n) is 3.40. The van der Waals surface area contributed by atoms with Crippen LogP contribution in [0.25, 0.3) is 0 Å². The van der Waals surface area contributed by atoms with Crippen LogP contribution in [0.4, 0.5) is 0 Å². The molecule has 0 unspecified atom stereocenters. The minimum atomic E-state index is -2.48. The van der Waals surface area contributed by atoms with E-state index in [0.29, 0.717) is 0 Å². The summed E-state index contributed by atoms with van der Waals surface area (Å²) in [6.45, 7) is -0.248. The molecule has 1 heterocycles. The van der Waals surface area contributed by atoms with Gasteiger partial charge in [-0.2, -0.15) is 0 Å². The Bertz CT molecular complexity index is 142. The Morgan fingerprint density at radius 2 is 2.17 bits per heavy atom. The van der Waals surface area contributed by atoms with E-state index in [1.54, 1.807) is 0 Å². The first kappa shape index (κ1) is 10.3. The van der Waals surface area contributed by atoms with Crippen molar-refractivity contribution in [2.75, 3.05) is 13.2 Å². The summed E-state index contributed by atoms with van der Waals surface area (Å²) in [5.74, 6) is 0. The molecule has 6 nitrogen and oxygen atoms in total. The van der Waals surface area contributed by atoms with Crippen LogP contribution in [0.1, 0.15) is 0 Å². The molecule has 0 bridgehead atoms. The fraction of sp³-hybridized carbons (Fsp3) is 1.00. The molecule has 72 valence electrons. The third kappa shape index (κ3) is 2.34. The molecule has 0 aromatic heterocycles. The average molecular weight is 198 g/mol. The van der Waals surface area contributed by atoms with Crippen molar-refractivity contribution in [3.8, 4) is 0 Å². The molecule has 1 rings (SSSR count). The topological polar surface area (TPSA) is 99.4 Å². The Labute approximate surface area is 70.4 Å². The summed E-state index contributed by atoms with van der Waals surface area (Å²) in [4.78, 5) is 16.9. The van der Waals surface area contributed by atoms with Crippen LogP contribution in [0.15, 0.2) is 0 Å². The second-order valence-electron chi connectivity index (χ2n) is 2.44. The zero-order valence-corrected chi connectivity index (χ0v) is 7.09. The number of ether oxygens (including phenoxy) is 1. The molecule has 0 saturated carbocycles. The third-order valence-electron chi connectivity index (χ3n) is 1.65. The zero-order valence-electron chi connectivity index (χ0n) is 6.20. The number of aliphatic hydroxyl groups excluding tert-OH is 2. The van der Waals surface area contributed by atoms with Gasteiger partial charge in [0.05, 0.1) is 13.2 Å². The van der Waals surface area contributed by atoms with Crippen molar-refractivity contribution in [1.82, 2.24) is 0 Å². The van der Waals surface area contributed by atoms with E-state index in [4.69, 9.17) is 19.6 Å². The molecular weight excluding hydrogens is 187 g/mol. The van der Waals surface area contributed by atoms with E-state index >= 15 is 0 Å². The summed E-state index contributed by atoms with van der Waals surface area (Å²) < 4.78 is 9.44. The van der Waals surface area contributed by atoms with Crippen LogP contribution in [0.3, 0.4) is 0 Å². The Hall–Kier alpha value is 0.190. The van der Waals surface area contributed by atoms with Gasteiger partial charge in [-0.25, -0.2) is 0 Å². The highest BCUT2D eigenvalue weighted by Gasteiger charge is 2.37. The summed E-state index contributed by atoms with van der Waals surface area (Å²) in [7, 11) is -2.48. The monoisotopic (exact) mass is 198 g/mol. The van der Waals surface area contributed by atoms with Gasteiger partial charge in [-0.05, 0) is 0 Å². The van der Waals surface area contributed by atoms with Gasteiger partial charge in [-0.1, -0.05) is 0 Å². The second kappa shape index (κ2) is 4.43. The van der Waals surface area contributed by atoms with Gasteiger partial charge in [0.1, 0.15) is 18.3 Å². The Balaban J connectivity index is 2.38. The van der Waals surface area contributed by atoms with E-state index in [9.17, 15) is 5.11 Å². The summed E-state index contributed by atoms with van der Waals surface area (Å²) in [5, 5.41) is 17.9. The predicted octanol–water partition coefficient (Wildman–Crippen LogP) is -1.66. The van der Waals surface area contributed by atoms with Gasteiger partial charge in [0.25, 0.3) is 0 Å². The van der Waals surface area contributed by atoms with Crippen molar-refractivity contribution in [3.05, 3.63) is 0 Å². The lowest BCUT2D eigenvalue weighted by Crippen LogP contribution is -2.33. The van der Waals surface area contributed by atoms with Crippen LogP contribution in [0, 0.1) is 0 Å². The van der Waals surface area contributed by atoms with Gasteiger partial charge in [0.15, 0.2) is 0 Å². The quantitative estimate of drug-likeness (QED) is 0.405. The zero-order chi connectivity index (χ0) is 9.14. The van der Waals surface area contributed by atoms with E-state index < -0.39 is 26.9 Å². The highest BCUT2D eigenvalue weighted by atomic mass is 31.2. The molecule has 0 aromatic carbocycles. The number of aliphatic hydroxyl groups is 2. The van der Waals surface area contributed by atoms with Gasteiger partial charge in [-0.3, -0.25) is 0 Å². The first-order valence-corrected chi connectivity index (χ1v) is 4.57. The van der Waals surface area contributed by atoms with Crippen LogP contribution in [-0.4, -0.2) is 51.5 Å². The van der Waals surface area contributed by atoms with Crippen molar-refractivity contribution in [3.63, 3.8) is 0 Å². The minimum Gasteiger partial charge on any atom is -0.394 e. The van der Waals surface area contributed by atoms with Crippen molar-refractivity contribution in [2.45, 2.75) is 18.3 Å². The van der Waals surface area contributed by atoms with Crippen LogP contribution in [0.2, 0.25) is 0 Å². The van der Waals surface area contributed by atoms with Crippen molar-refractivity contribution >= 4 is 8.60 Å². The van der Waals surface area contributed by atoms with Gasteiger partial charge < -0.3 is 29.3 Å². The highest BCUT2D eigenvalue weighted by Crippen LogP contribution is 2.31. The first-order chi connectivity index (χ1) is 5.65. The van der Waals surface area contributed by atoms with E-state index in [2.05, 4.69) is 4.52 Å². The smallest absolute Gasteiger partial charge is 0.327 e. The summed E-state index contributed by atoms with van der Waals surface area (Å²) >= 11 is 0. The molecule has 1 aliphatic rings. The van der Waals surface area contributed by atoms with Crippen molar-refractivity contribution in [2.24, 2.45) is 0 Å². The van der Waals surface area contributed by atoms with E-state index in [1.807, 2.05) is 0 Å². The summed E-state index contributed by atoms with van der Waals surface area (Å²) in [6.07, 6.45) is -2.45. The lowest BCUT2D eigenvalue weighted by molar-refractivity contribution is -0.00419. The normalized spacial score (nSPS) is 36.2. The van der Waals surface area contributed by atoms with Crippen LogP contribution in [-0.2, 0) is 9.26 Å². The van der Waals surface area contributed by atoms with E-state index in [-0.39, 0.29) is 13.2 Å². The lowest BCUT2D eigenvalue weighted by Gasteiger charge is -2.15. The van der Waals surface area contributed by atoms with E-state index in [1.165, 1.54) is 0 Å². The molecule has 0 spiro atoms. The fourth-order valence-electron chi connectivity index (χ4n) is 1.03.